The van der Waals surface area contributed by atoms with Crippen molar-refractivity contribution in [2.75, 3.05) is 18.4 Å². The average Bonchev–Trinajstić information content (AvgIpc) is 2.48. The standard InChI is InChI=1S/C17H24BrN3O4/c1-11-9-12(18)10-14(21(23)24)15(11)19-13-5-7-20(8-6-13)16(22)25-17(2,3)4/h9-10,13,19H,5-8H2,1-4H3. The zero-order valence-electron chi connectivity index (χ0n) is 15.0. The Balaban J connectivity index is 2.01. The van der Waals surface area contributed by atoms with Gasteiger partial charge in [-0.05, 0) is 52.2 Å². The van der Waals surface area contributed by atoms with Crippen LogP contribution in [0.4, 0.5) is 16.2 Å². The lowest BCUT2D eigenvalue weighted by molar-refractivity contribution is -0.384. The molecule has 2 rings (SSSR count). The molecule has 25 heavy (non-hydrogen) atoms. The first-order valence-electron chi connectivity index (χ1n) is 8.26. The third-order valence-corrected chi connectivity index (χ3v) is 4.43. The minimum atomic E-state index is -0.513. The Morgan fingerprint density at radius 3 is 2.48 bits per heavy atom. The Bertz CT molecular complexity index is 665. The zero-order chi connectivity index (χ0) is 18.8. The van der Waals surface area contributed by atoms with E-state index in [2.05, 4.69) is 21.2 Å². The first kappa shape index (κ1) is 19.5. The molecule has 7 nitrogen and oxygen atoms in total. The van der Waals surface area contributed by atoms with Crippen LogP contribution in [0.5, 0.6) is 0 Å². The maximum atomic E-state index is 12.1. The van der Waals surface area contributed by atoms with Gasteiger partial charge in [-0.2, -0.15) is 0 Å². The van der Waals surface area contributed by atoms with Gasteiger partial charge in [-0.15, -0.1) is 0 Å². The van der Waals surface area contributed by atoms with E-state index < -0.39 is 5.60 Å². The van der Waals surface area contributed by atoms with Crippen molar-refractivity contribution in [1.29, 1.82) is 0 Å². The molecular weight excluding hydrogens is 390 g/mol. The largest absolute Gasteiger partial charge is 0.444 e. The normalized spacial score (nSPS) is 15.8. The van der Waals surface area contributed by atoms with Crippen molar-refractivity contribution in [3.8, 4) is 0 Å². The van der Waals surface area contributed by atoms with E-state index in [4.69, 9.17) is 4.74 Å². The molecule has 0 saturated carbocycles. The van der Waals surface area contributed by atoms with Gasteiger partial charge in [0.15, 0.2) is 0 Å². The van der Waals surface area contributed by atoms with Crippen molar-refractivity contribution in [2.45, 2.75) is 52.2 Å². The molecule has 138 valence electrons. The Kier molecular flexibility index (Phi) is 5.92. The number of nitrogens with zero attached hydrogens (tertiary/aromatic N) is 2. The van der Waals surface area contributed by atoms with Crippen LogP contribution in [-0.2, 0) is 4.74 Å². The van der Waals surface area contributed by atoms with Crippen LogP contribution >= 0.6 is 15.9 Å². The highest BCUT2D eigenvalue weighted by atomic mass is 79.9. The number of rotatable bonds is 3. The number of halogens is 1. The lowest BCUT2D eigenvalue weighted by atomic mass is 10.0. The minimum Gasteiger partial charge on any atom is -0.444 e. The van der Waals surface area contributed by atoms with Gasteiger partial charge in [0.25, 0.3) is 5.69 Å². The molecule has 1 aliphatic heterocycles. The van der Waals surface area contributed by atoms with E-state index in [1.54, 1.807) is 4.90 Å². The summed E-state index contributed by atoms with van der Waals surface area (Å²) in [6.07, 6.45) is 1.12. The van der Waals surface area contributed by atoms with Crippen molar-refractivity contribution in [3.63, 3.8) is 0 Å². The Morgan fingerprint density at radius 1 is 1.36 bits per heavy atom. The third-order valence-electron chi connectivity index (χ3n) is 3.97. The van der Waals surface area contributed by atoms with E-state index in [0.717, 1.165) is 5.56 Å². The molecule has 1 N–H and O–H groups in total. The molecule has 0 aliphatic carbocycles. The van der Waals surface area contributed by atoms with Gasteiger partial charge >= 0.3 is 6.09 Å². The molecular formula is C17H24BrN3O4. The molecule has 0 atom stereocenters. The van der Waals surface area contributed by atoms with Crippen LogP contribution in [0.15, 0.2) is 16.6 Å². The lowest BCUT2D eigenvalue weighted by Gasteiger charge is -2.34. The fourth-order valence-electron chi connectivity index (χ4n) is 2.79. The number of likely N-dealkylation sites (tertiary alicyclic amines) is 1. The van der Waals surface area contributed by atoms with Crippen molar-refractivity contribution in [2.24, 2.45) is 0 Å². The van der Waals surface area contributed by atoms with Crippen LogP contribution in [0.2, 0.25) is 0 Å². The summed E-state index contributed by atoms with van der Waals surface area (Å²) >= 11 is 3.30. The van der Waals surface area contributed by atoms with E-state index in [1.165, 1.54) is 6.07 Å². The number of ether oxygens (including phenoxy) is 1. The van der Waals surface area contributed by atoms with E-state index in [0.29, 0.717) is 36.1 Å². The fraction of sp³-hybridized carbons (Fsp3) is 0.588. The van der Waals surface area contributed by atoms with Crippen LogP contribution in [-0.4, -0.2) is 40.6 Å². The molecule has 1 saturated heterocycles. The third kappa shape index (κ3) is 5.32. The second-order valence-corrected chi connectivity index (χ2v) is 8.18. The van der Waals surface area contributed by atoms with Crippen LogP contribution in [0.25, 0.3) is 0 Å². The molecule has 0 unspecified atom stereocenters. The highest BCUT2D eigenvalue weighted by Crippen LogP contribution is 2.33. The fourth-order valence-corrected chi connectivity index (χ4v) is 3.35. The van der Waals surface area contributed by atoms with Gasteiger partial charge in [0.05, 0.1) is 4.92 Å². The number of nitro groups is 1. The van der Waals surface area contributed by atoms with Crippen LogP contribution in [0.1, 0.15) is 39.2 Å². The molecule has 0 radical (unpaired) electrons. The van der Waals surface area contributed by atoms with Gasteiger partial charge in [-0.3, -0.25) is 10.1 Å². The summed E-state index contributed by atoms with van der Waals surface area (Å²) in [5.41, 5.74) is 0.905. The van der Waals surface area contributed by atoms with E-state index in [9.17, 15) is 14.9 Å². The average molecular weight is 414 g/mol. The van der Waals surface area contributed by atoms with Crippen molar-refractivity contribution in [1.82, 2.24) is 4.90 Å². The number of hydrogen-bond donors (Lipinski definition) is 1. The molecule has 0 spiro atoms. The molecule has 1 aromatic rings. The van der Waals surface area contributed by atoms with Gasteiger partial charge in [0.1, 0.15) is 11.3 Å². The van der Waals surface area contributed by atoms with Crippen LogP contribution in [0, 0.1) is 17.0 Å². The summed E-state index contributed by atoms with van der Waals surface area (Å²) in [6.45, 7) is 8.50. The molecule has 1 fully saturated rings. The van der Waals surface area contributed by atoms with Gasteiger partial charge in [-0.1, -0.05) is 15.9 Å². The van der Waals surface area contributed by atoms with Gasteiger partial charge < -0.3 is 15.0 Å². The van der Waals surface area contributed by atoms with Gasteiger partial charge in [0.2, 0.25) is 0 Å². The SMILES string of the molecule is Cc1cc(Br)cc([N+](=O)[O-])c1NC1CCN(C(=O)OC(C)(C)C)CC1. The van der Waals surface area contributed by atoms with Gasteiger partial charge in [0, 0.05) is 29.7 Å². The minimum absolute atomic E-state index is 0.0569. The molecule has 0 bridgehead atoms. The van der Waals surface area contributed by atoms with Crippen molar-refractivity contribution < 1.29 is 14.5 Å². The summed E-state index contributed by atoms with van der Waals surface area (Å²) in [7, 11) is 0. The second kappa shape index (κ2) is 7.59. The predicted molar refractivity (Wildman–Crippen MR) is 100.0 cm³/mol. The maximum Gasteiger partial charge on any atom is 0.410 e. The quantitative estimate of drug-likeness (QED) is 0.583. The number of hydrogen-bond acceptors (Lipinski definition) is 5. The number of carbonyl (C=O) groups excluding carboxylic acids is 1. The maximum absolute atomic E-state index is 12.1. The number of nitro benzene ring substituents is 1. The number of anilines is 1. The summed E-state index contributed by atoms with van der Waals surface area (Å²) in [5, 5.41) is 14.6. The Labute approximate surface area is 156 Å². The predicted octanol–water partition coefficient (Wildman–Crippen LogP) is 4.48. The van der Waals surface area contributed by atoms with Crippen molar-refractivity contribution >= 4 is 33.4 Å². The molecule has 8 heteroatoms. The highest BCUT2D eigenvalue weighted by molar-refractivity contribution is 9.10. The Morgan fingerprint density at radius 2 is 1.96 bits per heavy atom. The van der Waals surface area contributed by atoms with Gasteiger partial charge in [-0.25, -0.2) is 4.79 Å². The summed E-state index contributed by atoms with van der Waals surface area (Å²) in [5.74, 6) is 0. The van der Waals surface area contributed by atoms with E-state index in [-0.39, 0.29) is 22.7 Å². The first-order chi connectivity index (χ1) is 11.6. The number of carbonyl (C=O) groups is 1. The monoisotopic (exact) mass is 413 g/mol. The smallest absolute Gasteiger partial charge is 0.410 e. The zero-order valence-corrected chi connectivity index (χ0v) is 16.6. The molecule has 0 aromatic heterocycles. The summed E-state index contributed by atoms with van der Waals surface area (Å²) in [4.78, 5) is 24.7. The second-order valence-electron chi connectivity index (χ2n) is 7.26. The summed E-state index contributed by atoms with van der Waals surface area (Å²) < 4.78 is 6.07. The van der Waals surface area contributed by atoms with Crippen LogP contribution in [0.3, 0.4) is 0 Å². The van der Waals surface area contributed by atoms with E-state index in [1.807, 2.05) is 33.8 Å². The number of benzene rings is 1. The Hall–Kier alpha value is -1.83. The summed E-state index contributed by atoms with van der Waals surface area (Å²) in [6, 6.07) is 3.44. The number of amides is 1. The number of nitrogens with one attached hydrogen (secondary N) is 1. The molecule has 1 amide bonds. The van der Waals surface area contributed by atoms with E-state index >= 15 is 0 Å². The number of piperidine rings is 1. The van der Waals surface area contributed by atoms with Crippen molar-refractivity contribution in [3.05, 3.63) is 32.3 Å². The molecule has 1 aliphatic rings. The number of aryl methyl sites for hydroxylation is 1. The molecule has 1 heterocycles. The van der Waals surface area contributed by atoms with Crippen LogP contribution < -0.4 is 5.32 Å². The topological polar surface area (TPSA) is 84.7 Å². The highest BCUT2D eigenvalue weighted by Gasteiger charge is 2.28. The first-order valence-corrected chi connectivity index (χ1v) is 9.05. The molecule has 1 aromatic carbocycles. The lowest BCUT2D eigenvalue weighted by Crippen LogP contribution is -2.44.